The van der Waals surface area contributed by atoms with Crippen LogP contribution in [0.25, 0.3) is 0 Å². The predicted molar refractivity (Wildman–Crippen MR) is 63.6 cm³/mol. The van der Waals surface area contributed by atoms with E-state index in [1.54, 1.807) is 0 Å². The number of halogens is 3. The first-order valence-electron chi connectivity index (χ1n) is 6.08. The van der Waals surface area contributed by atoms with Gasteiger partial charge in [0.1, 0.15) is 5.75 Å². The Morgan fingerprint density at radius 3 is 2.42 bits per heavy atom. The maximum Gasteiger partial charge on any atom is 0.573 e. The Morgan fingerprint density at radius 1 is 1.32 bits per heavy atom. The number of ether oxygens (including phenoxy) is 1. The Kier molecular flexibility index (Phi) is 3.73. The lowest BCUT2D eigenvalue weighted by molar-refractivity contribution is -0.274. The third kappa shape index (κ3) is 4.11. The molecule has 2 atom stereocenters. The molecule has 6 heteroatoms. The van der Waals surface area contributed by atoms with E-state index in [4.69, 9.17) is 5.73 Å². The molecule has 1 saturated carbocycles. The number of hydrogen-bond donors (Lipinski definition) is 2. The second-order valence-corrected chi connectivity index (χ2v) is 5.10. The summed E-state index contributed by atoms with van der Waals surface area (Å²) in [5.74, 6) is -0.258. The molecule has 0 aliphatic heterocycles. The van der Waals surface area contributed by atoms with E-state index < -0.39 is 12.0 Å². The predicted octanol–water partition coefficient (Wildman–Crippen LogP) is 2.37. The highest BCUT2D eigenvalue weighted by atomic mass is 19.4. The number of nitrogens with two attached hydrogens (primary N) is 1. The van der Waals surface area contributed by atoms with E-state index in [1.807, 2.05) is 0 Å². The van der Waals surface area contributed by atoms with Crippen molar-refractivity contribution in [2.75, 3.05) is 0 Å². The summed E-state index contributed by atoms with van der Waals surface area (Å²) in [5, 5.41) is 10.3. The van der Waals surface area contributed by atoms with Gasteiger partial charge in [0.15, 0.2) is 0 Å². The van der Waals surface area contributed by atoms with Gasteiger partial charge < -0.3 is 15.6 Å². The molecule has 19 heavy (non-hydrogen) atoms. The molecule has 3 nitrogen and oxygen atoms in total. The molecule has 0 radical (unpaired) electrons. The molecule has 1 aromatic carbocycles. The summed E-state index contributed by atoms with van der Waals surface area (Å²) in [6, 6.07) is 5.56. The zero-order valence-electron chi connectivity index (χ0n) is 10.3. The Labute approximate surface area is 109 Å². The van der Waals surface area contributed by atoms with Crippen LogP contribution in [0.5, 0.6) is 5.75 Å². The van der Waals surface area contributed by atoms with Crippen LogP contribution in [0.4, 0.5) is 13.2 Å². The standard InChI is InChI=1S/C13H16F3NO2/c14-13(15,16)19-11-3-1-9(2-4-11)7-12(18)6-5-10(17)8-12/h1-4,10,18H,5-8,17H2. The van der Waals surface area contributed by atoms with Gasteiger partial charge in [0.25, 0.3) is 0 Å². The fraction of sp³-hybridized carbons (Fsp3) is 0.538. The average molecular weight is 275 g/mol. The topological polar surface area (TPSA) is 55.5 Å². The smallest absolute Gasteiger partial charge is 0.406 e. The normalized spacial score (nSPS) is 27.5. The number of alkyl halides is 3. The fourth-order valence-electron chi connectivity index (χ4n) is 2.50. The van der Waals surface area contributed by atoms with Crippen LogP contribution in [0.3, 0.4) is 0 Å². The molecule has 3 N–H and O–H groups in total. The first-order chi connectivity index (χ1) is 8.76. The van der Waals surface area contributed by atoms with Crippen molar-refractivity contribution < 1.29 is 23.0 Å². The SMILES string of the molecule is NC1CCC(O)(Cc2ccc(OC(F)(F)F)cc2)C1. The third-order valence-corrected chi connectivity index (χ3v) is 3.31. The molecule has 0 bridgehead atoms. The molecule has 0 spiro atoms. The van der Waals surface area contributed by atoms with Crippen LogP contribution in [0.1, 0.15) is 24.8 Å². The van der Waals surface area contributed by atoms with Crippen LogP contribution in [0.15, 0.2) is 24.3 Å². The molecule has 0 saturated heterocycles. The van der Waals surface area contributed by atoms with E-state index in [0.717, 1.165) is 12.0 Å². The average Bonchev–Trinajstić information content (AvgIpc) is 2.59. The quantitative estimate of drug-likeness (QED) is 0.890. The van der Waals surface area contributed by atoms with Crippen molar-refractivity contribution in [2.45, 2.75) is 43.7 Å². The van der Waals surface area contributed by atoms with E-state index in [1.165, 1.54) is 24.3 Å². The highest BCUT2D eigenvalue weighted by Crippen LogP contribution is 2.32. The summed E-state index contributed by atoms with van der Waals surface area (Å²) < 4.78 is 39.8. The molecular weight excluding hydrogens is 259 g/mol. The largest absolute Gasteiger partial charge is 0.573 e. The zero-order valence-corrected chi connectivity index (χ0v) is 10.3. The molecule has 1 aliphatic carbocycles. The molecule has 1 aliphatic rings. The summed E-state index contributed by atoms with van der Waals surface area (Å²) in [6.07, 6.45) is -2.38. The van der Waals surface area contributed by atoms with Crippen LogP contribution in [0.2, 0.25) is 0 Å². The van der Waals surface area contributed by atoms with Gasteiger partial charge >= 0.3 is 6.36 Å². The van der Waals surface area contributed by atoms with Gasteiger partial charge in [-0.05, 0) is 37.0 Å². The highest BCUT2D eigenvalue weighted by Gasteiger charge is 2.35. The van der Waals surface area contributed by atoms with E-state index >= 15 is 0 Å². The van der Waals surface area contributed by atoms with Gasteiger partial charge in [0, 0.05) is 12.5 Å². The van der Waals surface area contributed by atoms with Crippen molar-refractivity contribution in [1.29, 1.82) is 0 Å². The molecule has 0 amide bonds. The van der Waals surface area contributed by atoms with Gasteiger partial charge in [0.2, 0.25) is 0 Å². The fourth-order valence-corrected chi connectivity index (χ4v) is 2.50. The minimum atomic E-state index is -4.68. The monoisotopic (exact) mass is 275 g/mol. The number of hydrogen-bond acceptors (Lipinski definition) is 3. The van der Waals surface area contributed by atoms with Crippen LogP contribution in [-0.4, -0.2) is 23.1 Å². The maximum absolute atomic E-state index is 12.0. The first-order valence-corrected chi connectivity index (χ1v) is 6.08. The minimum absolute atomic E-state index is 0.00200. The Morgan fingerprint density at radius 2 is 1.95 bits per heavy atom. The Bertz CT molecular complexity index is 433. The molecule has 0 aromatic heterocycles. The van der Waals surface area contributed by atoms with E-state index in [-0.39, 0.29) is 11.8 Å². The highest BCUT2D eigenvalue weighted by molar-refractivity contribution is 5.28. The Balaban J connectivity index is 1.99. The van der Waals surface area contributed by atoms with Crippen molar-refractivity contribution >= 4 is 0 Å². The molecular formula is C13H16F3NO2. The number of aliphatic hydroxyl groups is 1. The van der Waals surface area contributed by atoms with Crippen LogP contribution in [0, 0.1) is 0 Å². The van der Waals surface area contributed by atoms with E-state index in [9.17, 15) is 18.3 Å². The lowest BCUT2D eigenvalue weighted by atomic mass is 9.93. The van der Waals surface area contributed by atoms with Crippen molar-refractivity contribution in [3.05, 3.63) is 29.8 Å². The first kappa shape index (κ1) is 14.1. The zero-order chi connectivity index (χ0) is 14.1. The lowest BCUT2D eigenvalue weighted by Crippen LogP contribution is -2.30. The second kappa shape index (κ2) is 5.02. The van der Waals surface area contributed by atoms with Gasteiger partial charge in [-0.1, -0.05) is 12.1 Å². The van der Waals surface area contributed by atoms with E-state index in [0.29, 0.717) is 19.3 Å². The lowest BCUT2D eigenvalue weighted by Gasteiger charge is -2.22. The van der Waals surface area contributed by atoms with Gasteiger partial charge in [-0.2, -0.15) is 0 Å². The summed E-state index contributed by atoms with van der Waals surface area (Å²) in [5.41, 5.74) is 5.68. The number of rotatable bonds is 3. The van der Waals surface area contributed by atoms with Gasteiger partial charge in [-0.3, -0.25) is 0 Å². The van der Waals surface area contributed by atoms with Crippen LogP contribution in [-0.2, 0) is 6.42 Å². The maximum atomic E-state index is 12.0. The molecule has 2 unspecified atom stereocenters. The van der Waals surface area contributed by atoms with Crippen LogP contribution < -0.4 is 10.5 Å². The van der Waals surface area contributed by atoms with Crippen molar-refractivity contribution in [1.82, 2.24) is 0 Å². The molecule has 2 rings (SSSR count). The van der Waals surface area contributed by atoms with Gasteiger partial charge in [-0.25, -0.2) is 0 Å². The second-order valence-electron chi connectivity index (χ2n) is 5.10. The molecule has 106 valence electrons. The molecule has 1 aromatic rings. The van der Waals surface area contributed by atoms with Crippen LogP contribution >= 0.6 is 0 Å². The van der Waals surface area contributed by atoms with Gasteiger partial charge in [-0.15, -0.1) is 13.2 Å². The van der Waals surface area contributed by atoms with Crippen molar-refractivity contribution in [3.8, 4) is 5.75 Å². The summed E-state index contributed by atoms with van der Waals surface area (Å²) in [4.78, 5) is 0. The molecule has 1 fully saturated rings. The minimum Gasteiger partial charge on any atom is -0.406 e. The summed E-state index contributed by atoms with van der Waals surface area (Å²) >= 11 is 0. The third-order valence-electron chi connectivity index (χ3n) is 3.31. The van der Waals surface area contributed by atoms with Gasteiger partial charge in [0.05, 0.1) is 5.60 Å². The number of benzene rings is 1. The van der Waals surface area contributed by atoms with E-state index in [2.05, 4.69) is 4.74 Å². The summed E-state index contributed by atoms with van der Waals surface area (Å²) in [7, 11) is 0. The van der Waals surface area contributed by atoms with Crippen molar-refractivity contribution in [2.24, 2.45) is 5.73 Å². The van der Waals surface area contributed by atoms with Crippen molar-refractivity contribution in [3.63, 3.8) is 0 Å². The molecule has 0 heterocycles. The Hall–Kier alpha value is -1.27. The summed E-state index contributed by atoms with van der Waals surface area (Å²) in [6.45, 7) is 0.